The molecule has 0 bridgehead atoms. The molecule has 0 unspecified atom stereocenters. The first-order chi connectivity index (χ1) is 5.56. The summed E-state index contributed by atoms with van der Waals surface area (Å²) in [5, 5.41) is 11.1. The third-order valence-corrected chi connectivity index (χ3v) is 2.42. The number of amides is 1. The highest BCUT2D eigenvalue weighted by Gasteiger charge is 2.51. The van der Waals surface area contributed by atoms with Crippen LogP contribution in [0.4, 0.5) is 4.39 Å². The minimum Gasteiger partial charge on any atom is -0.394 e. The Morgan fingerprint density at radius 1 is 1.92 bits per heavy atom. The molecule has 0 saturated carbocycles. The molecule has 0 radical (unpaired) electrons. The second kappa shape index (κ2) is 2.86. The van der Waals surface area contributed by atoms with Crippen molar-refractivity contribution >= 4 is 5.91 Å². The number of hydrogen-bond donors (Lipinski definition) is 2. The van der Waals surface area contributed by atoms with Crippen molar-refractivity contribution in [2.24, 2.45) is 5.92 Å². The van der Waals surface area contributed by atoms with E-state index in [0.717, 1.165) is 6.08 Å². The molecule has 2 N–H and O–H groups in total. The van der Waals surface area contributed by atoms with Crippen molar-refractivity contribution in [3.8, 4) is 0 Å². The molecule has 1 fully saturated rings. The number of aliphatic hydroxyl groups is 1. The van der Waals surface area contributed by atoms with E-state index in [1.165, 1.54) is 0 Å². The minimum atomic E-state index is -2.02. The SMILES string of the molecule is C=C[C@@]1(F)C(=O)N[C@H](CO)[C@@H]1C. The molecule has 1 aliphatic rings. The summed E-state index contributed by atoms with van der Waals surface area (Å²) in [7, 11) is 0. The first-order valence-corrected chi connectivity index (χ1v) is 3.80. The highest BCUT2D eigenvalue weighted by Crippen LogP contribution is 2.32. The minimum absolute atomic E-state index is 0.244. The van der Waals surface area contributed by atoms with Gasteiger partial charge in [0.2, 0.25) is 5.67 Å². The van der Waals surface area contributed by atoms with Gasteiger partial charge in [-0.3, -0.25) is 4.79 Å². The molecule has 1 amide bonds. The summed E-state index contributed by atoms with van der Waals surface area (Å²) in [6, 6.07) is -0.500. The Bertz CT molecular complexity index is 219. The van der Waals surface area contributed by atoms with Gasteiger partial charge in [0.05, 0.1) is 12.6 Å². The topological polar surface area (TPSA) is 49.3 Å². The van der Waals surface area contributed by atoms with Gasteiger partial charge in [0.15, 0.2) is 0 Å². The lowest BCUT2D eigenvalue weighted by atomic mass is 9.90. The molecule has 1 aliphatic heterocycles. The van der Waals surface area contributed by atoms with Crippen LogP contribution in [0.25, 0.3) is 0 Å². The van der Waals surface area contributed by atoms with Gasteiger partial charge >= 0.3 is 0 Å². The number of alkyl halides is 1. The van der Waals surface area contributed by atoms with Crippen LogP contribution in [0.15, 0.2) is 12.7 Å². The van der Waals surface area contributed by atoms with E-state index in [1.54, 1.807) is 6.92 Å². The number of aliphatic hydroxyl groups excluding tert-OH is 1. The summed E-state index contributed by atoms with van der Waals surface area (Å²) < 4.78 is 13.6. The fourth-order valence-electron chi connectivity index (χ4n) is 1.39. The maximum atomic E-state index is 13.6. The summed E-state index contributed by atoms with van der Waals surface area (Å²) in [4.78, 5) is 11.0. The highest BCUT2D eigenvalue weighted by atomic mass is 19.1. The molecule has 68 valence electrons. The van der Waals surface area contributed by atoms with Gasteiger partial charge in [-0.05, 0) is 6.08 Å². The molecule has 12 heavy (non-hydrogen) atoms. The lowest BCUT2D eigenvalue weighted by molar-refractivity contribution is -0.127. The lowest BCUT2D eigenvalue weighted by Crippen LogP contribution is -2.34. The molecule has 0 aliphatic carbocycles. The lowest BCUT2D eigenvalue weighted by Gasteiger charge is -2.18. The number of carbonyl (C=O) groups excluding carboxylic acids is 1. The third-order valence-electron chi connectivity index (χ3n) is 2.42. The van der Waals surface area contributed by atoms with Gasteiger partial charge in [0, 0.05) is 5.92 Å². The maximum Gasteiger partial charge on any atom is 0.262 e. The third kappa shape index (κ3) is 1.03. The van der Waals surface area contributed by atoms with E-state index in [0.29, 0.717) is 0 Å². The highest BCUT2D eigenvalue weighted by molar-refractivity contribution is 5.90. The van der Waals surface area contributed by atoms with Gasteiger partial charge in [-0.2, -0.15) is 0 Å². The van der Waals surface area contributed by atoms with Gasteiger partial charge in [0.1, 0.15) is 0 Å². The Labute approximate surface area is 70.3 Å². The van der Waals surface area contributed by atoms with Crippen LogP contribution in [0.1, 0.15) is 6.92 Å². The smallest absolute Gasteiger partial charge is 0.262 e. The average Bonchev–Trinajstić information content (AvgIpc) is 2.30. The number of rotatable bonds is 2. The molecular weight excluding hydrogens is 161 g/mol. The van der Waals surface area contributed by atoms with Crippen LogP contribution in [-0.2, 0) is 4.79 Å². The molecule has 0 spiro atoms. The van der Waals surface area contributed by atoms with Crippen molar-refractivity contribution in [3.05, 3.63) is 12.7 Å². The van der Waals surface area contributed by atoms with Crippen molar-refractivity contribution in [2.45, 2.75) is 18.6 Å². The van der Waals surface area contributed by atoms with Crippen molar-refractivity contribution in [1.82, 2.24) is 5.32 Å². The van der Waals surface area contributed by atoms with Crippen molar-refractivity contribution in [2.75, 3.05) is 6.61 Å². The van der Waals surface area contributed by atoms with Crippen LogP contribution in [0.3, 0.4) is 0 Å². The van der Waals surface area contributed by atoms with Crippen molar-refractivity contribution in [1.29, 1.82) is 0 Å². The second-order valence-corrected chi connectivity index (χ2v) is 3.02. The Kier molecular flexibility index (Phi) is 2.19. The van der Waals surface area contributed by atoms with Gasteiger partial charge in [0.25, 0.3) is 5.91 Å². The number of hydrogen-bond acceptors (Lipinski definition) is 2. The van der Waals surface area contributed by atoms with Crippen LogP contribution in [0.5, 0.6) is 0 Å². The molecule has 3 nitrogen and oxygen atoms in total. The first kappa shape index (κ1) is 9.19. The van der Waals surface area contributed by atoms with Gasteiger partial charge < -0.3 is 10.4 Å². The van der Waals surface area contributed by atoms with E-state index in [-0.39, 0.29) is 6.61 Å². The summed E-state index contributed by atoms with van der Waals surface area (Å²) in [5.41, 5.74) is -2.02. The zero-order valence-corrected chi connectivity index (χ0v) is 6.88. The Hall–Kier alpha value is -0.900. The van der Waals surface area contributed by atoms with Crippen LogP contribution in [0.2, 0.25) is 0 Å². The van der Waals surface area contributed by atoms with Gasteiger partial charge in [-0.15, -0.1) is 0 Å². The molecule has 0 aromatic rings. The summed E-state index contributed by atoms with van der Waals surface area (Å²) in [6.07, 6.45) is 0.989. The normalized spacial score (nSPS) is 41.1. The van der Waals surface area contributed by atoms with Gasteiger partial charge in [-0.1, -0.05) is 13.5 Å². The second-order valence-electron chi connectivity index (χ2n) is 3.02. The van der Waals surface area contributed by atoms with Gasteiger partial charge in [-0.25, -0.2) is 4.39 Å². The Balaban J connectivity index is 2.91. The predicted octanol–water partition coefficient (Wildman–Crippen LogP) is 0.00750. The largest absolute Gasteiger partial charge is 0.394 e. The number of carbonyl (C=O) groups is 1. The fraction of sp³-hybridized carbons (Fsp3) is 0.625. The molecule has 1 rings (SSSR count). The van der Waals surface area contributed by atoms with E-state index in [2.05, 4.69) is 11.9 Å². The summed E-state index contributed by atoms with van der Waals surface area (Å²) in [6.45, 7) is 4.59. The maximum absolute atomic E-state index is 13.6. The molecule has 3 atom stereocenters. The standard InChI is InChI=1S/C8H12FNO2/c1-3-8(9)5(2)6(4-11)10-7(8)12/h3,5-6,11H,1,4H2,2H3,(H,10,12)/t5-,6+,8-/m0/s1. The average molecular weight is 173 g/mol. The quantitative estimate of drug-likeness (QED) is 0.578. The van der Waals surface area contributed by atoms with Crippen LogP contribution < -0.4 is 5.32 Å². The molecule has 1 heterocycles. The molecule has 1 saturated heterocycles. The monoisotopic (exact) mass is 173 g/mol. The van der Waals surface area contributed by atoms with Crippen molar-refractivity contribution in [3.63, 3.8) is 0 Å². The number of nitrogens with one attached hydrogen (secondary N) is 1. The zero-order valence-electron chi connectivity index (χ0n) is 6.88. The zero-order chi connectivity index (χ0) is 9.35. The Morgan fingerprint density at radius 2 is 2.50 bits per heavy atom. The van der Waals surface area contributed by atoms with Crippen LogP contribution >= 0.6 is 0 Å². The van der Waals surface area contributed by atoms with Crippen LogP contribution in [-0.4, -0.2) is 29.3 Å². The van der Waals surface area contributed by atoms with E-state index >= 15 is 0 Å². The van der Waals surface area contributed by atoms with Crippen LogP contribution in [0, 0.1) is 5.92 Å². The fourth-order valence-corrected chi connectivity index (χ4v) is 1.39. The Morgan fingerprint density at radius 3 is 2.75 bits per heavy atom. The summed E-state index contributed by atoms with van der Waals surface area (Å²) in [5.74, 6) is -1.27. The first-order valence-electron chi connectivity index (χ1n) is 3.80. The molecule has 0 aromatic carbocycles. The molecule has 0 aromatic heterocycles. The summed E-state index contributed by atoms with van der Waals surface area (Å²) >= 11 is 0. The van der Waals surface area contributed by atoms with E-state index in [4.69, 9.17) is 5.11 Å². The predicted molar refractivity (Wildman–Crippen MR) is 42.2 cm³/mol. The van der Waals surface area contributed by atoms with Crippen molar-refractivity contribution < 1.29 is 14.3 Å². The number of halogens is 1. The van der Waals surface area contributed by atoms with E-state index in [9.17, 15) is 9.18 Å². The molecular formula is C8H12FNO2. The van der Waals surface area contributed by atoms with E-state index in [1.807, 2.05) is 0 Å². The van der Waals surface area contributed by atoms with E-state index < -0.39 is 23.5 Å². The molecule has 4 heteroatoms.